The van der Waals surface area contributed by atoms with Crippen molar-refractivity contribution in [2.75, 3.05) is 13.7 Å². The number of hydrogen-bond donors (Lipinski definition) is 1. The molecule has 16 heavy (non-hydrogen) atoms. The number of hydrogen-bond acceptors (Lipinski definition) is 2. The van der Waals surface area contributed by atoms with Gasteiger partial charge in [0.2, 0.25) is 0 Å². The second-order valence-electron chi connectivity index (χ2n) is 3.41. The van der Waals surface area contributed by atoms with E-state index in [0.717, 1.165) is 12.0 Å². The van der Waals surface area contributed by atoms with Gasteiger partial charge in [-0.1, -0.05) is 12.1 Å². The molecule has 1 N–H and O–H groups in total. The summed E-state index contributed by atoms with van der Waals surface area (Å²) in [6.45, 7) is 1.03. The summed E-state index contributed by atoms with van der Waals surface area (Å²) in [7, 11) is 1.81. The van der Waals surface area contributed by atoms with Crippen LogP contribution in [-0.4, -0.2) is 13.7 Å². The summed E-state index contributed by atoms with van der Waals surface area (Å²) in [5, 5.41) is 2.97. The van der Waals surface area contributed by atoms with E-state index in [0.29, 0.717) is 25.3 Å². The van der Waals surface area contributed by atoms with E-state index in [1.165, 1.54) is 6.07 Å². The fraction of sp³-hybridized carbons (Fsp3) is 0.385. The third-order valence-corrected chi connectivity index (χ3v) is 2.13. The molecule has 0 aliphatic heterocycles. The number of terminal acetylenes is 1. The summed E-state index contributed by atoms with van der Waals surface area (Å²) in [5.74, 6) is 2.52. The predicted molar refractivity (Wildman–Crippen MR) is 62.7 cm³/mol. The Morgan fingerprint density at radius 3 is 3.00 bits per heavy atom. The van der Waals surface area contributed by atoms with Crippen LogP contribution < -0.4 is 10.1 Å². The van der Waals surface area contributed by atoms with E-state index in [-0.39, 0.29) is 5.82 Å². The summed E-state index contributed by atoms with van der Waals surface area (Å²) >= 11 is 0. The Morgan fingerprint density at radius 1 is 1.50 bits per heavy atom. The molecule has 2 nitrogen and oxygen atoms in total. The van der Waals surface area contributed by atoms with Crippen LogP contribution in [0.4, 0.5) is 4.39 Å². The van der Waals surface area contributed by atoms with Crippen LogP contribution in [0.25, 0.3) is 0 Å². The van der Waals surface area contributed by atoms with Crippen molar-refractivity contribution in [2.24, 2.45) is 0 Å². The Bertz CT molecular complexity index is 371. The van der Waals surface area contributed by atoms with Gasteiger partial charge in [0.25, 0.3) is 0 Å². The van der Waals surface area contributed by atoms with Gasteiger partial charge >= 0.3 is 0 Å². The molecule has 0 amide bonds. The molecule has 1 aromatic rings. The highest BCUT2D eigenvalue weighted by Crippen LogP contribution is 2.22. The minimum absolute atomic E-state index is 0.326. The van der Waals surface area contributed by atoms with Crippen molar-refractivity contribution < 1.29 is 9.13 Å². The van der Waals surface area contributed by atoms with Crippen molar-refractivity contribution in [1.29, 1.82) is 0 Å². The smallest absolute Gasteiger partial charge is 0.165 e. The Balaban J connectivity index is 2.65. The average Bonchev–Trinajstić information content (AvgIpc) is 2.28. The van der Waals surface area contributed by atoms with Crippen molar-refractivity contribution in [3.05, 3.63) is 29.6 Å². The summed E-state index contributed by atoms with van der Waals surface area (Å²) in [5.41, 5.74) is 0.822. The van der Waals surface area contributed by atoms with Gasteiger partial charge in [0.05, 0.1) is 6.61 Å². The number of rotatable bonds is 6. The monoisotopic (exact) mass is 221 g/mol. The second kappa shape index (κ2) is 6.86. The zero-order valence-corrected chi connectivity index (χ0v) is 9.42. The average molecular weight is 221 g/mol. The molecule has 1 rings (SSSR count). The van der Waals surface area contributed by atoms with Crippen LogP contribution in [0.3, 0.4) is 0 Å². The van der Waals surface area contributed by atoms with E-state index in [1.54, 1.807) is 6.07 Å². The quantitative estimate of drug-likeness (QED) is 0.588. The SMILES string of the molecule is C#CCCCOc1c(F)cccc1CNC. The van der Waals surface area contributed by atoms with Gasteiger partial charge in [-0.2, -0.15) is 0 Å². The first-order valence-corrected chi connectivity index (χ1v) is 5.28. The lowest BCUT2D eigenvalue weighted by molar-refractivity contribution is 0.293. The van der Waals surface area contributed by atoms with Crippen molar-refractivity contribution >= 4 is 0 Å². The maximum absolute atomic E-state index is 13.5. The standard InChI is InChI=1S/C13H16FNO/c1-3-4-5-9-16-13-11(10-15-2)7-6-8-12(13)14/h1,6-8,15H,4-5,9-10H2,2H3. The van der Waals surface area contributed by atoms with Crippen molar-refractivity contribution in [3.63, 3.8) is 0 Å². The Morgan fingerprint density at radius 2 is 2.31 bits per heavy atom. The summed E-state index contributed by atoms with van der Waals surface area (Å²) < 4.78 is 18.9. The summed E-state index contributed by atoms with van der Waals surface area (Å²) in [6, 6.07) is 4.92. The topological polar surface area (TPSA) is 21.3 Å². The minimum Gasteiger partial charge on any atom is -0.490 e. The van der Waals surface area contributed by atoms with Crippen molar-refractivity contribution in [2.45, 2.75) is 19.4 Å². The van der Waals surface area contributed by atoms with Crippen LogP contribution in [0.2, 0.25) is 0 Å². The van der Waals surface area contributed by atoms with E-state index in [2.05, 4.69) is 11.2 Å². The number of halogens is 1. The van der Waals surface area contributed by atoms with Crippen LogP contribution in [0.1, 0.15) is 18.4 Å². The number of unbranched alkanes of at least 4 members (excludes halogenated alkanes) is 1. The van der Waals surface area contributed by atoms with E-state index >= 15 is 0 Å². The molecule has 0 heterocycles. The highest BCUT2D eigenvalue weighted by Gasteiger charge is 2.08. The molecule has 0 bridgehead atoms. The lowest BCUT2D eigenvalue weighted by Crippen LogP contribution is -2.09. The first-order valence-electron chi connectivity index (χ1n) is 5.28. The molecule has 3 heteroatoms. The first-order chi connectivity index (χ1) is 7.79. The molecule has 0 saturated carbocycles. The van der Waals surface area contributed by atoms with Crippen LogP contribution in [-0.2, 0) is 6.54 Å². The molecule has 86 valence electrons. The van der Waals surface area contributed by atoms with Crippen LogP contribution in [0.15, 0.2) is 18.2 Å². The lowest BCUT2D eigenvalue weighted by Gasteiger charge is -2.11. The molecule has 0 aliphatic carbocycles. The van der Waals surface area contributed by atoms with Gasteiger partial charge in [-0.3, -0.25) is 0 Å². The van der Waals surface area contributed by atoms with E-state index < -0.39 is 0 Å². The summed E-state index contributed by atoms with van der Waals surface area (Å²) in [6.07, 6.45) is 6.51. The third kappa shape index (κ3) is 3.56. The maximum atomic E-state index is 13.5. The van der Waals surface area contributed by atoms with Gasteiger partial charge in [0, 0.05) is 18.5 Å². The van der Waals surface area contributed by atoms with Crippen LogP contribution >= 0.6 is 0 Å². The minimum atomic E-state index is -0.326. The first kappa shape index (κ1) is 12.5. The van der Waals surface area contributed by atoms with E-state index in [4.69, 9.17) is 11.2 Å². The molecule has 0 saturated heterocycles. The highest BCUT2D eigenvalue weighted by atomic mass is 19.1. The van der Waals surface area contributed by atoms with Gasteiger partial charge in [0.1, 0.15) is 0 Å². The molecule has 0 aromatic heterocycles. The molecule has 0 spiro atoms. The maximum Gasteiger partial charge on any atom is 0.165 e. The third-order valence-electron chi connectivity index (χ3n) is 2.13. The number of para-hydroxylation sites is 1. The van der Waals surface area contributed by atoms with Crippen molar-refractivity contribution in [3.8, 4) is 18.1 Å². The van der Waals surface area contributed by atoms with Crippen LogP contribution in [0.5, 0.6) is 5.75 Å². The zero-order chi connectivity index (χ0) is 11.8. The number of benzene rings is 1. The lowest BCUT2D eigenvalue weighted by atomic mass is 10.2. The van der Waals surface area contributed by atoms with Crippen LogP contribution in [0, 0.1) is 18.2 Å². The predicted octanol–water partition coefficient (Wildman–Crippen LogP) is 2.34. The zero-order valence-electron chi connectivity index (χ0n) is 9.42. The molecule has 0 atom stereocenters. The largest absolute Gasteiger partial charge is 0.490 e. The molecule has 0 aliphatic rings. The van der Waals surface area contributed by atoms with Gasteiger partial charge in [0.15, 0.2) is 11.6 Å². The fourth-order valence-corrected chi connectivity index (χ4v) is 1.39. The van der Waals surface area contributed by atoms with E-state index in [1.807, 2.05) is 13.1 Å². The summed E-state index contributed by atoms with van der Waals surface area (Å²) in [4.78, 5) is 0. The molecular formula is C13H16FNO. The molecule has 0 radical (unpaired) electrons. The molecule has 0 unspecified atom stereocenters. The van der Waals surface area contributed by atoms with Gasteiger partial charge in [-0.05, 0) is 19.5 Å². The van der Waals surface area contributed by atoms with Gasteiger partial charge in [-0.15, -0.1) is 12.3 Å². The highest BCUT2D eigenvalue weighted by molar-refractivity contribution is 5.34. The molecule has 0 fully saturated rings. The Hall–Kier alpha value is -1.53. The Kier molecular flexibility index (Phi) is 5.38. The van der Waals surface area contributed by atoms with Gasteiger partial charge < -0.3 is 10.1 Å². The van der Waals surface area contributed by atoms with Gasteiger partial charge in [-0.25, -0.2) is 4.39 Å². The molecule has 1 aromatic carbocycles. The second-order valence-corrected chi connectivity index (χ2v) is 3.41. The number of ether oxygens (including phenoxy) is 1. The number of nitrogens with one attached hydrogen (secondary N) is 1. The molecular weight excluding hydrogens is 205 g/mol. The van der Waals surface area contributed by atoms with E-state index in [9.17, 15) is 4.39 Å². The fourth-order valence-electron chi connectivity index (χ4n) is 1.39. The Labute approximate surface area is 95.8 Å². The normalized spacial score (nSPS) is 9.81. The van der Waals surface area contributed by atoms with Crippen molar-refractivity contribution in [1.82, 2.24) is 5.32 Å².